The van der Waals surface area contributed by atoms with Crippen LogP contribution in [0, 0.1) is 5.92 Å². The van der Waals surface area contributed by atoms with E-state index in [2.05, 4.69) is 34.4 Å². The largest absolute Gasteiger partial charge is 0.348 e. The molecule has 132 valence electrons. The highest BCUT2D eigenvalue weighted by Crippen LogP contribution is 2.21. The summed E-state index contributed by atoms with van der Waals surface area (Å²) in [5.41, 5.74) is 4.10. The molecule has 3 aromatic rings. The van der Waals surface area contributed by atoms with E-state index in [1.54, 1.807) is 30.7 Å². The van der Waals surface area contributed by atoms with Gasteiger partial charge in [0.2, 0.25) is 0 Å². The van der Waals surface area contributed by atoms with Gasteiger partial charge in [0.25, 0.3) is 11.8 Å². The Bertz CT molecular complexity index is 1020. The smallest absolute Gasteiger partial charge is 0.257 e. The van der Waals surface area contributed by atoms with Crippen molar-refractivity contribution in [3.63, 3.8) is 0 Å². The van der Waals surface area contributed by atoms with E-state index >= 15 is 0 Å². The summed E-state index contributed by atoms with van der Waals surface area (Å²) in [5, 5.41) is 5.61. The van der Waals surface area contributed by atoms with Crippen LogP contribution in [0.4, 0.5) is 5.69 Å². The van der Waals surface area contributed by atoms with Crippen molar-refractivity contribution in [3.05, 3.63) is 53.5 Å². The number of pyridine rings is 1. The molecule has 0 bridgehead atoms. The first-order valence-electron chi connectivity index (χ1n) is 8.54. The van der Waals surface area contributed by atoms with Gasteiger partial charge in [-0.05, 0) is 35.7 Å². The van der Waals surface area contributed by atoms with Crippen molar-refractivity contribution in [2.45, 2.75) is 26.9 Å². The van der Waals surface area contributed by atoms with Gasteiger partial charge in [0.1, 0.15) is 5.52 Å². The first-order valence-corrected chi connectivity index (χ1v) is 8.54. The Morgan fingerprint density at radius 2 is 2.15 bits per heavy atom. The zero-order valence-electron chi connectivity index (χ0n) is 14.6. The molecule has 3 heterocycles. The van der Waals surface area contributed by atoms with Crippen molar-refractivity contribution in [3.8, 4) is 0 Å². The van der Waals surface area contributed by atoms with Crippen molar-refractivity contribution < 1.29 is 9.59 Å². The number of aromatic nitrogens is 3. The minimum absolute atomic E-state index is 0.0792. The van der Waals surface area contributed by atoms with Crippen LogP contribution in [-0.2, 0) is 13.1 Å². The van der Waals surface area contributed by atoms with Gasteiger partial charge in [0, 0.05) is 30.5 Å². The van der Waals surface area contributed by atoms with Crippen LogP contribution in [0.5, 0.6) is 0 Å². The number of carbonyl (C=O) groups is 2. The summed E-state index contributed by atoms with van der Waals surface area (Å²) >= 11 is 0. The molecule has 0 spiro atoms. The highest BCUT2D eigenvalue weighted by atomic mass is 16.2. The van der Waals surface area contributed by atoms with E-state index < -0.39 is 0 Å². The van der Waals surface area contributed by atoms with Gasteiger partial charge < -0.3 is 15.2 Å². The van der Waals surface area contributed by atoms with Crippen LogP contribution in [0.2, 0.25) is 0 Å². The minimum Gasteiger partial charge on any atom is -0.348 e. The van der Waals surface area contributed by atoms with E-state index in [0.29, 0.717) is 34.8 Å². The van der Waals surface area contributed by atoms with Gasteiger partial charge in [0.05, 0.1) is 11.9 Å². The fourth-order valence-corrected chi connectivity index (χ4v) is 3.11. The van der Waals surface area contributed by atoms with Gasteiger partial charge in [-0.3, -0.25) is 9.59 Å². The van der Waals surface area contributed by atoms with E-state index in [0.717, 1.165) is 17.8 Å². The van der Waals surface area contributed by atoms with Crippen molar-refractivity contribution in [2.24, 2.45) is 5.92 Å². The van der Waals surface area contributed by atoms with Crippen LogP contribution in [0.1, 0.15) is 40.1 Å². The maximum absolute atomic E-state index is 12.5. The van der Waals surface area contributed by atoms with E-state index in [9.17, 15) is 9.59 Å². The van der Waals surface area contributed by atoms with Crippen LogP contribution >= 0.6 is 0 Å². The topological polar surface area (TPSA) is 88.9 Å². The average molecular weight is 349 g/mol. The van der Waals surface area contributed by atoms with E-state index in [-0.39, 0.29) is 11.8 Å². The summed E-state index contributed by atoms with van der Waals surface area (Å²) in [5.74, 6) is 0.151. The Labute approximate surface area is 150 Å². The van der Waals surface area contributed by atoms with E-state index in [4.69, 9.17) is 0 Å². The summed E-state index contributed by atoms with van der Waals surface area (Å²) in [4.78, 5) is 32.9. The minimum atomic E-state index is -0.255. The lowest BCUT2D eigenvalue weighted by atomic mass is 10.1. The van der Waals surface area contributed by atoms with Gasteiger partial charge in [-0.25, -0.2) is 9.97 Å². The highest BCUT2D eigenvalue weighted by Gasteiger charge is 2.19. The SMILES string of the molecule is CC(C)Cn1cnc2cc(C(=O)Nc3ccc4c(c3)CNC4=O)cnc21. The number of amides is 2. The molecule has 0 unspecified atom stereocenters. The van der Waals surface area contributed by atoms with Gasteiger partial charge in [-0.2, -0.15) is 0 Å². The lowest BCUT2D eigenvalue weighted by Gasteiger charge is -2.08. The number of fused-ring (bicyclic) bond motifs is 2. The molecular weight excluding hydrogens is 330 g/mol. The number of carbonyl (C=O) groups excluding carboxylic acids is 2. The number of hydrogen-bond acceptors (Lipinski definition) is 4. The lowest BCUT2D eigenvalue weighted by molar-refractivity contribution is 0.0965. The van der Waals surface area contributed by atoms with E-state index in [1.807, 2.05) is 10.6 Å². The Morgan fingerprint density at radius 3 is 2.96 bits per heavy atom. The van der Waals surface area contributed by atoms with Gasteiger partial charge in [-0.1, -0.05) is 13.8 Å². The Hall–Kier alpha value is -3.22. The molecule has 1 aliphatic heterocycles. The fourth-order valence-electron chi connectivity index (χ4n) is 3.11. The average Bonchev–Trinajstić information content (AvgIpc) is 3.18. The van der Waals surface area contributed by atoms with Crippen molar-refractivity contribution in [1.82, 2.24) is 19.9 Å². The first kappa shape index (κ1) is 16.3. The Morgan fingerprint density at radius 1 is 1.31 bits per heavy atom. The van der Waals surface area contributed by atoms with Crippen LogP contribution in [0.15, 0.2) is 36.8 Å². The number of anilines is 1. The maximum Gasteiger partial charge on any atom is 0.257 e. The molecule has 7 heteroatoms. The molecule has 7 nitrogen and oxygen atoms in total. The van der Waals surface area contributed by atoms with Crippen LogP contribution in [-0.4, -0.2) is 26.3 Å². The van der Waals surface area contributed by atoms with E-state index in [1.165, 1.54) is 0 Å². The number of hydrogen-bond donors (Lipinski definition) is 2. The second-order valence-electron chi connectivity index (χ2n) is 6.87. The molecule has 0 aliphatic carbocycles. The van der Waals surface area contributed by atoms with Gasteiger partial charge >= 0.3 is 0 Å². The lowest BCUT2D eigenvalue weighted by Crippen LogP contribution is -2.13. The summed E-state index contributed by atoms with van der Waals surface area (Å²) in [6, 6.07) is 7.01. The molecule has 26 heavy (non-hydrogen) atoms. The molecular formula is C19H19N5O2. The van der Waals surface area contributed by atoms with Crippen molar-refractivity contribution in [1.29, 1.82) is 0 Å². The first-order chi connectivity index (χ1) is 12.5. The summed E-state index contributed by atoms with van der Waals surface area (Å²) in [6.07, 6.45) is 3.32. The summed E-state index contributed by atoms with van der Waals surface area (Å²) < 4.78 is 1.99. The summed E-state index contributed by atoms with van der Waals surface area (Å²) in [7, 11) is 0. The van der Waals surface area contributed by atoms with Crippen LogP contribution in [0.25, 0.3) is 11.2 Å². The zero-order valence-corrected chi connectivity index (χ0v) is 14.6. The Balaban J connectivity index is 1.56. The number of nitrogens with zero attached hydrogens (tertiary/aromatic N) is 3. The number of imidazole rings is 1. The predicted molar refractivity (Wildman–Crippen MR) is 97.9 cm³/mol. The Kier molecular flexibility index (Phi) is 3.91. The third kappa shape index (κ3) is 2.92. The number of nitrogens with one attached hydrogen (secondary N) is 2. The van der Waals surface area contributed by atoms with Crippen LogP contribution in [0.3, 0.4) is 0 Å². The normalized spacial score (nSPS) is 13.1. The summed E-state index contributed by atoms with van der Waals surface area (Å²) in [6.45, 7) is 5.58. The van der Waals surface area contributed by atoms with Gasteiger partial charge in [-0.15, -0.1) is 0 Å². The predicted octanol–water partition coefficient (Wildman–Crippen LogP) is 2.58. The van der Waals surface area contributed by atoms with Crippen molar-refractivity contribution >= 4 is 28.7 Å². The van der Waals surface area contributed by atoms with Crippen LogP contribution < -0.4 is 10.6 Å². The number of benzene rings is 1. The zero-order chi connectivity index (χ0) is 18.3. The molecule has 0 saturated carbocycles. The highest BCUT2D eigenvalue weighted by molar-refractivity contribution is 6.06. The fraction of sp³-hybridized carbons (Fsp3) is 0.263. The quantitative estimate of drug-likeness (QED) is 0.758. The number of rotatable bonds is 4. The molecule has 0 radical (unpaired) electrons. The maximum atomic E-state index is 12.5. The molecule has 4 rings (SSSR count). The third-order valence-corrected chi connectivity index (χ3v) is 4.33. The molecule has 2 aromatic heterocycles. The molecule has 0 fully saturated rings. The van der Waals surface area contributed by atoms with Gasteiger partial charge in [0.15, 0.2) is 5.65 Å². The molecule has 0 atom stereocenters. The molecule has 1 aliphatic rings. The third-order valence-electron chi connectivity index (χ3n) is 4.33. The monoisotopic (exact) mass is 349 g/mol. The second kappa shape index (κ2) is 6.25. The second-order valence-corrected chi connectivity index (χ2v) is 6.87. The standard InChI is InChI=1S/C19H19N5O2/c1-11(2)9-24-10-22-16-6-13(8-20-17(16)24)18(25)23-14-3-4-15-12(5-14)7-21-19(15)26/h3-6,8,10-11H,7,9H2,1-2H3,(H,21,26)(H,23,25). The molecule has 2 amide bonds. The molecule has 1 aromatic carbocycles. The molecule has 0 saturated heterocycles. The van der Waals surface area contributed by atoms with Crippen molar-refractivity contribution in [2.75, 3.05) is 5.32 Å². The molecule has 2 N–H and O–H groups in total.